The normalized spacial score (nSPS) is 10.8. The van der Waals surface area contributed by atoms with Crippen molar-refractivity contribution in [3.05, 3.63) is 64.7 Å². The van der Waals surface area contributed by atoms with Crippen LogP contribution in [0.5, 0.6) is 0 Å². The van der Waals surface area contributed by atoms with E-state index in [9.17, 15) is 18.5 Å². The summed E-state index contributed by atoms with van der Waals surface area (Å²) in [5.41, 5.74) is 1.36. The zero-order chi connectivity index (χ0) is 19.2. The molecule has 0 bridgehead atoms. The number of para-hydroxylation sites is 1. The molecule has 0 saturated carbocycles. The molecule has 8 heteroatoms. The average Bonchev–Trinajstić information content (AvgIpc) is 2.60. The first kappa shape index (κ1) is 19.8. The van der Waals surface area contributed by atoms with E-state index in [4.69, 9.17) is 11.6 Å². The van der Waals surface area contributed by atoms with Gasteiger partial charge in [-0.3, -0.25) is 9.10 Å². The average molecular weight is 392 g/mol. The molecule has 0 atom stereocenters. The minimum absolute atomic E-state index is 0.0316. The van der Waals surface area contributed by atoms with Crippen LogP contribution in [0.15, 0.2) is 48.5 Å². The zero-order valence-corrected chi connectivity index (χ0v) is 15.7. The Morgan fingerprint density at radius 3 is 2.46 bits per heavy atom. The summed E-state index contributed by atoms with van der Waals surface area (Å²) in [5.74, 6) is -0.227. The highest BCUT2D eigenvalue weighted by molar-refractivity contribution is 7.92. The monoisotopic (exact) mass is 391 g/mol. The van der Waals surface area contributed by atoms with Gasteiger partial charge in [-0.2, -0.15) is 5.26 Å². The fourth-order valence-corrected chi connectivity index (χ4v) is 3.46. The molecule has 0 fully saturated rings. The molecule has 136 valence electrons. The summed E-state index contributed by atoms with van der Waals surface area (Å²) in [7, 11) is -3.60. The molecule has 2 rings (SSSR count). The number of nitriles is 1. The largest absolute Gasteiger partial charge is 0.354 e. The first-order valence-corrected chi connectivity index (χ1v) is 10.0. The van der Waals surface area contributed by atoms with Crippen molar-refractivity contribution in [3.8, 4) is 6.07 Å². The van der Waals surface area contributed by atoms with Gasteiger partial charge in [0.1, 0.15) is 6.07 Å². The Morgan fingerprint density at radius 1 is 1.19 bits per heavy atom. The molecule has 2 aromatic rings. The molecule has 0 spiro atoms. The third-order valence-corrected chi connectivity index (χ3v) is 5.04. The summed E-state index contributed by atoms with van der Waals surface area (Å²) in [6.07, 6.45) is 1.24. The lowest BCUT2D eigenvalue weighted by molar-refractivity contribution is -0.120. The van der Waals surface area contributed by atoms with Crippen molar-refractivity contribution in [2.45, 2.75) is 6.42 Å². The van der Waals surface area contributed by atoms with Gasteiger partial charge in [0.2, 0.25) is 15.9 Å². The number of carbonyl (C=O) groups is 1. The first-order chi connectivity index (χ1) is 12.3. The fourth-order valence-electron chi connectivity index (χ4n) is 2.40. The van der Waals surface area contributed by atoms with Crippen LogP contribution in [0.4, 0.5) is 5.69 Å². The Morgan fingerprint density at radius 2 is 1.85 bits per heavy atom. The second-order valence-electron chi connectivity index (χ2n) is 5.62. The summed E-state index contributed by atoms with van der Waals surface area (Å²) in [4.78, 5) is 12.0. The van der Waals surface area contributed by atoms with E-state index < -0.39 is 10.0 Å². The lowest BCUT2D eigenvalue weighted by atomic mass is 10.1. The van der Waals surface area contributed by atoms with Crippen molar-refractivity contribution < 1.29 is 13.2 Å². The number of nitrogens with zero attached hydrogens (tertiary/aromatic N) is 2. The van der Waals surface area contributed by atoms with Crippen LogP contribution in [0.1, 0.15) is 11.1 Å². The summed E-state index contributed by atoms with van der Waals surface area (Å²) in [6, 6.07) is 15.3. The topological polar surface area (TPSA) is 90.3 Å². The third kappa shape index (κ3) is 5.48. The highest BCUT2D eigenvalue weighted by atomic mass is 35.5. The van der Waals surface area contributed by atoms with Crippen LogP contribution in [0, 0.1) is 11.3 Å². The second-order valence-corrected chi connectivity index (χ2v) is 7.96. The Labute approximate surface area is 158 Å². The van der Waals surface area contributed by atoms with Gasteiger partial charge < -0.3 is 5.32 Å². The minimum atomic E-state index is -3.60. The standard InChI is InChI=1S/C18H18ClN3O3S/c1-26(24,25)22(17-5-3-2-4-15(17)13-20)11-10-21-18(23)12-14-6-8-16(19)9-7-14/h2-9H,10-12H2,1H3,(H,21,23). The number of hydrogen-bond acceptors (Lipinski definition) is 4. The van der Waals surface area contributed by atoms with Gasteiger partial charge in [0.15, 0.2) is 0 Å². The highest BCUT2D eigenvalue weighted by Gasteiger charge is 2.20. The number of nitrogens with one attached hydrogen (secondary N) is 1. The third-order valence-electron chi connectivity index (χ3n) is 3.61. The quantitative estimate of drug-likeness (QED) is 0.784. The van der Waals surface area contributed by atoms with E-state index in [2.05, 4.69) is 5.32 Å². The Hall–Kier alpha value is -2.56. The molecular formula is C18H18ClN3O3S. The van der Waals surface area contributed by atoms with Gasteiger partial charge in [0.25, 0.3) is 0 Å². The molecule has 1 N–H and O–H groups in total. The van der Waals surface area contributed by atoms with E-state index in [0.717, 1.165) is 16.1 Å². The van der Waals surface area contributed by atoms with Crippen molar-refractivity contribution in [1.29, 1.82) is 5.26 Å². The van der Waals surface area contributed by atoms with E-state index in [1.165, 1.54) is 0 Å². The summed E-state index contributed by atoms with van der Waals surface area (Å²) < 4.78 is 25.3. The molecule has 26 heavy (non-hydrogen) atoms. The number of amides is 1. The van der Waals surface area contributed by atoms with Crippen molar-refractivity contribution >= 4 is 33.2 Å². The number of benzene rings is 2. The Kier molecular flexibility index (Phi) is 6.61. The van der Waals surface area contributed by atoms with Crippen LogP contribution >= 0.6 is 11.6 Å². The van der Waals surface area contributed by atoms with E-state index in [0.29, 0.717) is 10.7 Å². The molecule has 0 radical (unpaired) electrons. The van der Waals surface area contributed by atoms with Crippen molar-refractivity contribution in [1.82, 2.24) is 5.32 Å². The minimum Gasteiger partial charge on any atom is -0.354 e. The molecular weight excluding hydrogens is 374 g/mol. The summed E-state index contributed by atoms with van der Waals surface area (Å²) in [6.45, 7) is 0.156. The van der Waals surface area contributed by atoms with Crippen LogP contribution < -0.4 is 9.62 Å². The predicted octanol–water partition coefficient (Wildman–Crippen LogP) is 2.34. The van der Waals surface area contributed by atoms with Crippen LogP contribution in [-0.2, 0) is 21.2 Å². The van der Waals surface area contributed by atoms with Crippen LogP contribution in [0.2, 0.25) is 5.02 Å². The molecule has 0 aromatic heterocycles. The van der Waals surface area contributed by atoms with E-state index >= 15 is 0 Å². The van der Waals surface area contributed by atoms with Crippen molar-refractivity contribution in [2.75, 3.05) is 23.7 Å². The number of rotatable bonds is 7. The first-order valence-electron chi connectivity index (χ1n) is 7.79. The Balaban J connectivity index is 2.01. The Bertz CT molecular complexity index is 921. The lowest BCUT2D eigenvalue weighted by Crippen LogP contribution is -2.39. The molecule has 0 aliphatic rings. The molecule has 0 aliphatic carbocycles. The van der Waals surface area contributed by atoms with E-state index in [1.807, 2.05) is 6.07 Å². The van der Waals surface area contributed by atoms with Gasteiger partial charge >= 0.3 is 0 Å². The summed E-state index contributed by atoms with van der Waals surface area (Å²) in [5, 5.41) is 12.5. The number of anilines is 1. The SMILES string of the molecule is CS(=O)(=O)N(CCNC(=O)Cc1ccc(Cl)cc1)c1ccccc1C#N. The maximum Gasteiger partial charge on any atom is 0.232 e. The maximum absolute atomic E-state index is 12.1. The van der Waals surface area contributed by atoms with Gasteiger partial charge in [-0.1, -0.05) is 35.9 Å². The highest BCUT2D eigenvalue weighted by Crippen LogP contribution is 2.21. The van der Waals surface area contributed by atoms with Crippen LogP contribution in [-0.4, -0.2) is 33.7 Å². The van der Waals surface area contributed by atoms with E-state index in [1.54, 1.807) is 48.5 Å². The number of hydrogen-bond donors (Lipinski definition) is 1. The molecule has 1 amide bonds. The van der Waals surface area contributed by atoms with Gasteiger partial charge in [0, 0.05) is 11.6 Å². The second kappa shape index (κ2) is 8.70. The number of halogens is 1. The maximum atomic E-state index is 12.1. The molecule has 6 nitrogen and oxygen atoms in total. The van der Waals surface area contributed by atoms with Gasteiger partial charge in [-0.15, -0.1) is 0 Å². The zero-order valence-electron chi connectivity index (χ0n) is 14.1. The van der Waals surface area contributed by atoms with Gasteiger partial charge in [-0.25, -0.2) is 8.42 Å². The smallest absolute Gasteiger partial charge is 0.232 e. The van der Waals surface area contributed by atoms with Crippen molar-refractivity contribution in [3.63, 3.8) is 0 Å². The molecule has 0 heterocycles. The fraction of sp³-hybridized carbons (Fsp3) is 0.222. The molecule has 2 aromatic carbocycles. The molecule has 0 unspecified atom stereocenters. The molecule has 0 aliphatic heterocycles. The van der Waals surface area contributed by atoms with Crippen molar-refractivity contribution in [2.24, 2.45) is 0 Å². The van der Waals surface area contributed by atoms with Gasteiger partial charge in [-0.05, 0) is 29.8 Å². The van der Waals surface area contributed by atoms with Gasteiger partial charge in [0.05, 0.1) is 30.5 Å². The molecule has 0 saturated heterocycles. The van der Waals surface area contributed by atoms with Crippen LogP contribution in [0.25, 0.3) is 0 Å². The summed E-state index contributed by atoms with van der Waals surface area (Å²) >= 11 is 5.81. The predicted molar refractivity (Wildman–Crippen MR) is 102 cm³/mol. The van der Waals surface area contributed by atoms with Crippen LogP contribution in [0.3, 0.4) is 0 Å². The van der Waals surface area contributed by atoms with E-state index in [-0.39, 0.29) is 31.0 Å². The number of carbonyl (C=O) groups excluding carboxylic acids is 1. The lowest BCUT2D eigenvalue weighted by Gasteiger charge is -2.23. The number of sulfonamides is 1.